The van der Waals surface area contributed by atoms with Gasteiger partial charge < -0.3 is 4.90 Å². The number of hydrogen-bond acceptors (Lipinski definition) is 3. The molecule has 0 N–H and O–H groups in total. The molecule has 1 atom stereocenters. The molecule has 1 rings (SSSR count). The van der Waals surface area contributed by atoms with Crippen LogP contribution in [0.4, 0.5) is 8.78 Å². The highest BCUT2D eigenvalue weighted by atomic mass is 35.5. The van der Waals surface area contributed by atoms with Crippen LogP contribution in [0.1, 0.15) is 19.3 Å². The van der Waals surface area contributed by atoms with E-state index < -0.39 is 34.0 Å². The van der Waals surface area contributed by atoms with E-state index in [1.54, 1.807) is 0 Å². The largest absolute Gasteiger partial charge is 0.335 e. The third kappa shape index (κ3) is 4.05. The van der Waals surface area contributed by atoms with Crippen molar-refractivity contribution in [3.63, 3.8) is 0 Å². The minimum Gasteiger partial charge on any atom is -0.335 e. The molecule has 8 heteroatoms. The van der Waals surface area contributed by atoms with Gasteiger partial charge in [-0.15, -0.1) is 11.6 Å². The Balaban J connectivity index is 2.81. The van der Waals surface area contributed by atoms with Gasteiger partial charge in [-0.05, 0) is 12.8 Å². The molecule has 0 aliphatic carbocycles. The van der Waals surface area contributed by atoms with Crippen molar-refractivity contribution >= 4 is 27.3 Å². The summed E-state index contributed by atoms with van der Waals surface area (Å²) >= 11 is 5.45. The molecule has 1 aliphatic heterocycles. The van der Waals surface area contributed by atoms with Gasteiger partial charge in [-0.3, -0.25) is 4.79 Å². The van der Waals surface area contributed by atoms with Crippen LogP contribution in [0, 0.1) is 0 Å². The van der Waals surface area contributed by atoms with Crippen molar-refractivity contribution in [1.82, 2.24) is 4.90 Å². The van der Waals surface area contributed by atoms with E-state index in [9.17, 15) is 22.0 Å². The first-order valence-electron chi connectivity index (χ1n) is 5.73. The molecule has 0 spiro atoms. The topological polar surface area (TPSA) is 54.5 Å². The van der Waals surface area contributed by atoms with E-state index in [1.165, 1.54) is 0 Å². The molecule has 1 unspecified atom stereocenters. The summed E-state index contributed by atoms with van der Waals surface area (Å²) in [5.41, 5.74) is 0. The van der Waals surface area contributed by atoms with Gasteiger partial charge in [0.25, 0.3) is 6.43 Å². The predicted molar refractivity (Wildman–Crippen MR) is 64.7 cm³/mol. The number of carbonyl (C=O) groups excluding carboxylic acids is 1. The fourth-order valence-corrected chi connectivity index (χ4v) is 4.07. The predicted octanol–water partition coefficient (Wildman–Crippen LogP) is 1.29. The van der Waals surface area contributed by atoms with Crippen molar-refractivity contribution < 1.29 is 22.0 Å². The van der Waals surface area contributed by atoms with Gasteiger partial charge in [-0.1, -0.05) is 6.42 Å². The summed E-state index contributed by atoms with van der Waals surface area (Å²) in [4.78, 5) is 12.8. The minimum absolute atomic E-state index is 0.00519. The van der Waals surface area contributed by atoms with Crippen LogP contribution in [0.5, 0.6) is 0 Å². The third-order valence-corrected chi connectivity index (χ3v) is 5.21. The number of rotatable bonds is 5. The van der Waals surface area contributed by atoms with E-state index in [0.717, 1.165) is 4.90 Å². The number of amides is 1. The van der Waals surface area contributed by atoms with E-state index in [-0.39, 0.29) is 24.6 Å². The fourth-order valence-electron chi connectivity index (χ4n) is 2.00. The zero-order chi connectivity index (χ0) is 13.8. The van der Waals surface area contributed by atoms with Crippen molar-refractivity contribution in [2.75, 3.05) is 24.7 Å². The van der Waals surface area contributed by atoms with Crippen LogP contribution < -0.4 is 0 Å². The van der Waals surface area contributed by atoms with Crippen LogP contribution in [-0.2, 0) is 14.6 Å². The zero-order valence-electron chi connectivity index (χ0n) is 9.82. The Morgan fingerprint density at radius 2 is 2.06 bits per heavy atom. The van der Waals surface area contributed by atoms with Crippen molar-refractivity contribution in [2.24, 2.45) is 0 Å². The average molecular weight is 304 g/mol. The maximum atomic E-state index is 12.3. The van der Waals surface area contributed by atoms with Gasteiger partial charge in [0.1, 0.15) is 5.25 Å². The fraction of sp³-hybridized carbons (Fsp3) is 0.900. The molecule has 0 radical (unpaired) electrons. The van der Waals surface area contributed by atoms with Gasteiger partial charge >= 0.3 is 0 Å². The molecule has 1 fully saturated rings. The van der Waals surface area contributed by atoms with Gasteiger partial charge in [0.15, 0.2) is 9.84 Å². The molecule has 1 heterocycles. The van der Waals surface area contributed by atoms with Gasteiger partial charge in [0.2, 0.25) is 5.91 Å². The first-order chi connectivity index (χ1) is 8.38. The third-order valence-electron chi connectivity index (χ3n) is 2.88. The zero-order valence-corrected chi connectivity index (χ0v) is 11.4. The molecule has 1 saturated heterocycles. The molecule has 106 valence electrons. The van der Waals surface area contributed by atoms with Gasteiger partial charge in [0, 0.05) is 12.4 Å². The van der Waals surface area contributed by atoms with E-state index >= 15 is 0 Å². The highest BCUT2D eigenvalue weighted by molar-refractivity contribution is 7.92. The van der Waals surface area contributed by atoms with E-state index in [4.69, 9.17) is 11.6 Å². The van der Waals surface area contributed by atoms with Gasteiger partial charge in [0.05, 0.1) is 12.3 Å². The van der Waals surface area contributed by atoms with E-state index in [1.807, 2.05) is 0 Å². The molecule has 1 aliphatic rings. The lowest BCUT2D eigenvalue weighted by Gasteiger charge is -2.28. The first kappa shape index (κ1) is 15.6. The molecule has 0 aromatic rings. The van der Waals surface area contributed by atoms with Crippen LogP contribution in [0.25, 0.3) is 0 Å². The molecule has 0 aromatic carbocycles. The molecule has 0 aromatic heterocycles. The summed E-state index contributed by atoms with van der Waals surface area (Å²) in [6.45, 7) is -0.825. The summed E-state index contributed by atoms with van der Waals surface area (Å²) < 4.78 is 48.2. The molecule has 0 saturated carbocycles. The van der Waals surface area contributed by atoms with Crippen LogP contribution in [-0.4, -0.2) is 55.6 Å². The Morgan fingerprint density at radius 1 is 1.39 bits per heavy atom. The average Bonchev–Trinajstić information content (AvgIpc) is 2.26. The number of halogens is 3. The molecule has 18 heavy (non-hydrogen) atoms. The lowest BCUT2D eigenvalue weighted by molar-refractivity contribution is -0.132. The van der Waals surface area contributed by atoms with Gasteiger partial charge in [-0.2, -0.15) is 0 Å². The summed E-state index contributed by atoms with van der Waals surface area (Å²) in [5, 5.41) is -1.17. The Bertz CT molecular complexity index is 389. The number of nitrogens with zero attached hydrogens (tertiary/aromatic N) is 1. The van der Waals surface area contributed by atoms with Crippen LogP contribution in [0.2, 0.25) is 0 Å². The summed E-state index contributed by atoms with van der Waals surface area (Å²) in [6, 6.07) is 0. The maximum absolute atomic E-state index is 12.3. The molecule has 0 bridgehead atoms. The lowest BCUT2D eigenvalue weighted by atomic mass is 10.1. The Labute approximate surface area is 110 Å². The highest BCUT2D eigenvalue weighted by Gasteiger charge is 2.37. The maximum Gasteiger partial charge on any atom is 0.255 e. The molecule has 1 amide bonds. The Hall–Kier alpha value is -0.430. The van der Waals surface area contributed by atoms with Crippen molar-refractivity contribution in [1.29, 1.82) is 0 Å². The number of carbonyl (C=O) groups is 1. The van der Waals surface area contributed by atoms with Crippen LogP contribution >= 0.6 is 11.6 Å². The van der Waals surface area contributed by atoms with Gasteiger partial charge in [-0.25, -0.2) is 17.2 Å². The normalized spacial score (nSPS) is 23.0. The number of hydrogen-bond donors (Lipinski definition) is 0. The monoisotopic (exact) mass is 303 g/mol. The summed E-state index contributed by atoms with van der Waals surface area (Å²) in [7, 11) is -3.50. The van der Waals surface area contributed by atoms with E-state index in [2.05, 4.69) is 0 Å². The number of alkyl halides is 3. The Kier molecular flexibility index (Phi) is 5.78. The van der Waals surface area contributed by atoms with E-state index in [0.29, 0.717) is 12.8 Å². The molecule has 4 nitrogen and oxygen atoms in total. The molecular weight excluding hydrogens is 288 g/mol. The summed E-state index contributed by atoms with van der Waals surface area (Å²) in [5.74, 6) is -0.784. The van der Waals surface area contributed by atoms with Crippen molar-refractivity contribution in [3.05, 3.63) is 0 Å². The van der Waals surface area contributed by atoms with Crippen LogP contribution in [0.15, 0.2) is 0 Å². The Morgan fingerprint density at radius 3 is 2.56 bits per heavy atom. The highest BCUT2D eigenvalue weighted by Crippen LogP contribution is 2.21. The second kappa shape index (κ2) is 6.65. The SMILES string of the molecule is O=C(C1CCCCS1(=O)=O)N(CCCl)CC(F)F. The second-order valence-electron chi connectivity index (χ2n) is 4.22. The second-order valence-corrected chi connectivity index (χ2v) is 6.90. The standard InChI is InChI=1S/C10H16ClF2NO3S/c11-4-5-14(7-9(12)13)10(15)8-3-1-2-6-18(8,16)17/h8-9H,1-7H2. The van der Waals surface area contributed by atoms with Crippen molar-refractivity contribution in [3.8, 4) is 0 Å². The lowest BCUT2D eigenvalue weighted by Crippen LogP contribution is -2.47. The first-order valence-corrected chi connectivity index (χ1v) is 7.98. The smallest absolute Gasteiger partial charge is 0.255 e. The van der Waals surface area contributed by atoms with Crippen molar-refractivity contribution in [2.45, 2.75) is 30.9 Å². The minimum atomic E-state index is -3.50. The van der Waals surface area contributed by atoms with Crippen LogP contribution in [0.3, 0.4) is 0 Å². The quantitative estimate of drug-likeness (QED) is 0.719. The number of sulfone groups is 1. The summed E-state index contributed by atoms with van der Waals surface area (Å²) in [6.07, 6.45) is -1.33. The molecular formula is C10H16ClF2NO3S.